The van der Waals surface area contributed by atoms with E-state index in [-0.39, 0.29) is 13.1 Å². The third-order valence-electron chi connectivity index (χ3n) is 2.80. The molecular formula is C15H12ClF2NO2. The van der Waals surface area contributed by atoms with Crippen LogP contribution in [0.4, 0.5) is 14.5 Å². The fraction of sp³-hybridized carbons (Fsp3) is 0.133. The molecule has 0 saturated carbocycles. The van der Waals surface area contributed by atoms with Crippen LogP contribution in [0.2, 0.25) is 5.02 Å². The fourth-order valence-corrected chi connectivity index (χ4v) is 2.18. The first-order valence-corrected chi connectivity index (χ1v) is 6.49. The van der Waals surface area contributed by atoms with Gasteiger partial charge < -0.3 is 10.0 Å². The summed E-state index contributed by atoms with van der Waals surface area (Å²) in [5, 5.41) is 9.43. The van der Waals surface area contributed by atoms with Crippen LogP contribution in [0.25, 0.3) is 0 Å². The van der Waals surface area contributed by atoms with Crippen molar-refractivity contribution in [2.75, 3.05) is 11.4 Å². The van der Waals surface area contributed by atoms with Crippen LogP contribution >= 0.6 is 11.6 Å². The largest absolute Gasteiger partial charge is 0.480 e. The van der Waals surface area contributed by atoms with E-state index >= 15 is 0 Å². The van der Waals surface area contributed by atoms with Crippen LogP contribution in [0.3, 0.4) is 0 Å². The van der Waals surface area contributed by atoms with Crippen LogP contribution < -0.4 is 4.90 Å². The number of anilines is 1. The van der Waals surface area contributed by atoms with Gasteiger partial charge in [0.1, 0.15) is 18.2 Å². The van der Waals surface area contributed by atoms with Gasteiger partial charge >= 0.3 is 5.97 Å². The molecule has 0 fully saturated rings. The van der Waals surface area contributed by atoms with E-state index in [4.69, 9.17) is 16.7 Å². The monoisotopic (exact) mass is 311 g/mol. The molecule has 0 heterocycles. The molecule has 0 atom stereocenters. The van der Waals surface area contributed by atoms with Crippen molar-refractivity contribution in [1.82, 2.24) is 0 Å². The lowest BCUT2D eigenvalue weighted by atomic mass is 10.2. The molecule has 0 bridgehead atoms. The van der Waals surface area contributed by atoms with Crippen molar-refractivity contribution in [3.63, 3.8) is 0 Å². The summed E-state index contributed by atoms with van der Waals surface area (Å²) in [4.78, 5) is 12.4. The van der Waals surface area contributed by atoms with E-state index in [0.717, 1.165) is 6.07 Å². The van der Waals surface area contributed by atoms with Crippen LogP contribution in [0.1, 0.15) is 5.56 Å². The number of aliphatic carboxylic acids is 1. The lowest BCUT2D eigenvalue weighted by Gasteiger charge is -2.23. The summed E-state index contributed by atoms with van der Waals surface area (Å²) in [6.45, 7) is -0.250. The van der Waals surface area contributed by atoms with Crippen molar-refractivity contribution >= 4 is 23.3 Å². The highest BCUT2D eigenvalue weighted by atomic mass is 35.5. The van der Waals surface area contributed by atoms with Crippen molar-refractivity contribution in [3.8, 4) is 0 Å². The maximum atomic E-state index is 13.2. The quantitative estimate of drug-likeness (QED) is 0.915. The molecule has 110 valence electrons. The summed E-state index contributed by atoms with van der Waals surface area (Å²) in [6.07, 6.45) is 0. The minimum Gasteiger partial charge on any atom is -0.480 e. The Balaban J connectivity index is 2.30. The van der Waals surface area contributed by atoms with Crippen molar-refractivity contribution < 1.29 is 18.7 Å². The Morgan fingerprint density at radius 2 is 1.81 bits per heavy atom. The van der Waals surface area contributed by atoms with E-state index in [1.807, 2.05) is 0 Å². The highest BCUT2D eigenvalue weighted by Gasteiger charge is 2.13. The smallest absolute Gasteiger partial charge is 0.323 e. The van der Waals surface area contributed by atoms with Crippen LogP contribution in [-0.4, -0.2) is 17.6 Å². The van der Waals surface area contributed by atoms with Crippen LogP contribution in [0.5, 0.6) is 0 Å². The summed E-state index contributed by atoms with van der Waals surface area (Å²) in [5.74, 6) is -2.45. The number of hydrogen-bond acceptors (Lipinski definition) is 2. The third-order valence-corrected chi connectivity index (χ3v) is 3.03. The van der Waals surface area contributed by atoms with Gasteiger partial charge in [0.05, 0.1) is 0 Å². The number of carbonyl (C=O) groups is 1. The second-order valence-corrected chi connectivity index (χ2v) is 4.94. The van der Waals surface area contributed by atoms with Gasteiger partial charge in [-0.25, -0.2) is 8.78 Å². The first-order chi connectivity index (χ1) is 9.94. The van der Waals surface area contributed by atoms with E-state index < -0.39 is 17.6 Å². The van der Waals surface area contributed by atoms with Crippen molar-refractivity contribution in [2.24, 2.45) is 0 Å². The Kier molecular flexibility index (Phi) is 4.75. The standard InChI is InChI=1S/C15H12ClF2NO2/c16-11-2-1-3-14(6-11)19(9-15(20)21)8-10-4-12(17)7-13(18)5-10/h1-7H,8-9H2,(H,20,21). The van der Waals surface area contributed by atoms with Gasteiger partial charge in [0.25, 0.3) is 0 Å². The molecule has 0 aromatic heterocycles. The molecule has 3 nitrogen and oxygen atoms in total. The normalized spacial score (nSPS) is 10.4. The first-order valence-electron chi connectivity index (χ1n) is 6.11. The van der Waals surface area contributed by atoms with Crippen molar-refractivity contribution in [1.29, 1.82) is 0 Å². The Labute approximate surface area is 125 Å². The molecule has 6 heteroatoms. The van der Waals surface area contributed by atoms with Gasteiger partial charge in [-0.1, -0.05) is 17.7 Å². The molecule has 21 heavy (non-hydrogen) atoms. The predicted molar refractivity (Wildman–Crippen MR) is 76.5 cm³/mol. The summed E-state index contributed by atoms with van der Waals surface area (Å²) in [5.41, 5.74) is 0.906. The van der Waals surface area contributed by atoms with Gasteiger partial charge in [0.15, 0.2) is 0 Å². The molecule has 2 aromatic rings. The van der Waals surface area contributed by atoms with Gasteiger partial charge in [0, 0.05) is 23.3 Å². The molecule has 0 aliphatic carbocycles. The van der Waals surface area contributed by atoms with E-state index in [2.05, 4.69) is 0 Å². The average Bonchev–Trinajstić information content (AvgIpc) is 2.36. The Morgan fingerprint density at radius 1 is 1.14 bits per heavy atom. The summed E-state index contributed by atoms with van der Waals surface area (Å²) < 4.78 is 26.4. The number of halogens is 3. The average molecular weight is 312 g/mol. The van der Waals surface area contributed by atoms with E-state index in [1.54, 1.807) is 24.3 Å². The zero-order valence-electron chi connectivity index (χ0n) is 10.9. The molecule has 0 aliphatic rings. The summed E-state index contributed by atoms with van der Waals surface area (Å²) in [6, 6.07) is 9.73. The Hall–Kier alpha value is -2.14. The zero-order valence-corrected chi connectivity index (χ0v) is 11.6. The molecule has 0 saturated heterocycles. The molecule has 0 unspecified atom stereocenters. The van der Waals surface area contributed by atoms with Crippen LogP contribution in [0, 0.1) is 11.6 Å². The number of hydrogen-bond donors (Lipinski definition) is 1. The van der Waals surface area contributed by atoms with E-state index in [0.29, 0.717) is 16.3 Å². The number of carboxylic acid groups (broad SMARTS) is 1. The lowest BCUT2D eigenvalue weighted by molar-refractivity contribution is -0.135. The molecule has 0 spiro atoms. The maximum Gasteiger partial charge on any atom is 0.323 e. The number of carboxylic acids is 1. The van der Waals surface area contributed by atoms with Gasteiger partial charge in [-0.05, 0) is 35.9 Å². The second kappa shape index (κ2) is 6.54. The minimum absolute atomic E-state index is 0.0569. The molecule has 2 rings (SSSR count). The van der Waals surface area contributed by atoms with Gasteiger partial charge in [0.2, 0.25) is 0 Å². The Morgan fingerprint density at radius 3 is 2.38 bits per heavy atom. The van der Waals surface area contributed by atoms with Gasteiger partial charge in [-0.15, -0.1) is 0 Å². The minimum atomic E-state index is -1.05. The summed E-state index contributed by atoms with van der Waals surface area (Å²) in [7, 11) is 0. The molecule has 1 N–H and O–H groups in total. The first kappa shape index (κ1) is 15.3. The van der Waals surface area contributed by atoms with Crippen molar-refractivity contribution in [2.45, 2.75) is 6.54 Å². The lowest BCUT2D eigenvalue weighted by Crippen LogP contribution is -2.29. The van der Waals surface area contributed by atoms with Crippen LogP contribution in [-0.2, 0) is 11.3 Å². The van der Waals surface area contributed by atoms with E-state index in [1.165, 1.54) is 17.0 Å². The number of nitrogens with zero attached hydrogens (tertiary/aromatic N) is 1. The fourth-order valence-electron chi connectivity index (χ4n) is 2.00. The third kappa shape index (κ3) is 4.43. The molecule has 0 radical (unpaired) electrons. The highest BCUT2D eigenvalue weighted by Crippen LogP contribution is 2.22. The molecule has 2 aromatic carbocycles. The second-order valence-electron chi connectivity index (χ2n) is 4.51. The van der Waals surface area contributed by atoms with Crippen LogP contribution in [0.15, 0.2) is 42.5 Å². The van der Waals surface area contributed by atoms with Gasteiger partial charge in [-0.3, -0.25) is 4.79 Å². The Bertz CT molecular complexity index is 644. The molecule has 0 amide bonds. The van der Waals surface area contributed by atoms with Crippen molar-refractivity contribution in [3.05, 3.63) is 64.7 Å². The summed E-state index contributed by atoms with van der Waals surface area (Å²) >= 11 is 5.88. The number of rotatable bonds is 5. The number of benzene rings is 2. The molecule has 0 aliphatic heterocycles. The zero-order chi connectivity index (χ0) is 15.4. The predicted octanol–water partition coefficient (Wildman–Crippen LogP) is 3.71. The molecular weight excluding hydrogens is 300 g/mol. The maximum absolute atomic E-state index is 13.2. The topological polar surface area (TPSA) is 40.5 Å². The highest BCUT2D eigenvalue weighted by molar-refractivity contribution is 6.30. The van der Waals surface area contributed by atoms with Gasteiger partial charge in [-0.2, -0.15) is 0 Å². The SMILES string of the molecule is O=C(O)CN(Cc1cc(F)cc(F)c1)c1cccc(Cl)c1. The van der Waals surface area contributed by atoms with E-state index in [9.17, 15) is 13.6 Å².